The Labute approximate surface area is 84.5 Å². The molecule has 2 rings (SSSR count). The van der Waals surface area contributed by atoms with Crippen LogP contribution in [0.4, 0.5) is 4.39 Å². The monoisotopic (exact) mass is 244 g/mol. The molecule has 2 nitrogen and oxygen atoms in total. The first-order valence-corrected chi connectivity index (χ1v) is 5.01. The third-order valence-electron chi connectivity index (χ3n) is 2.53. The molecule has 0 aromatic carbocycles. The van der Waals surface area contributed by atoms with Gasteiger partial charge >= 0.3 is 0 Å². The van der Waals surface area contributed by atoms with Gasteiger partial charge < -0.3 is 5.73 Å². The van der Waals surface area contributed by atoms with Crippen molar-refractivity contribution in [3.8, 4) is 0 Å². The van der Waals surface area contributed by atoms with E-state index in [0.717, 1.165) is 19.3 Å². The van der Waals surface area contributed by atoms with Crippen LogP contribution in [0.2, 0.25) is 0 Å². The molecular formula is C9H10BrFN2. The molecule has 0 amide bonds. The van der Waals surface area contributed by atoms with Crippen LogP contribution >= 0.6 is 15.9 Å². The molecule has 1 aromatic heterocycles. The molecule has 0 atom stereocenters. The van der Waals surface area contributed by atoms with Gasteiger partial charge in [-0.2, -0.15) is 0 Å². The van der Waals surface area contributed by atoms with Crippen molar-refractivity contribution >= 4 is 15.9 Å². The Morgan fingerprint density at radius 3 is 2.69 bits per heavy atom. The van der Waals surface area contributed by atoms with Crippen molar-refractivity contribution in [2.24, 2.45) is 5.73 Å². The first-order chi connectivity index (χ1) is 6.12. The largest absolute Gasteiger partial charge is 0.320 e. The second kappa shape index (κ2) is 3.03. The SMILES string of the molecule is NC1(c2ncc(Br)cc2F)CCC1. The van der Waals surface area contributed by atoms with Crippen LogP contribution in [0.25, 0.3) is 0 Å². The average Bonchev–Trinajstić information content (AvgIpc) is 2.00. The number of hydrogen-bond donors (Lipinski definition) is 1. The molecule has 2 N–H and O–H groups in total. The van der Waals surface area contributed by atoms with Gasteiger partial charge in [0, 0.05) is 10.7 Å². The van der Waals surface area contributed by atoms with E-state index in [9.17, 15) is 4.39 Å². The van der Waals surface area contributed by atoms with Gasteiger partial charge in [0.2, 0.25) is 0 Å². The van der Waals surface area contributed by atoms with E-state index in [2.05, 4.69) is 20.9 Å². The molecule has 1 heterocycles. The lowest BCUT2D eigenvalue weighted by atomic mass is 9.75. The van der Waals surface area contributed by atoms with Crippen molar-refractivity contribution in [3.05, 3.63) is 28.2 Å². The highest BCUT2D eigenvalue weighted by Crippen LogP contribution is 2.38. The molecule has 0 spiro atoms. The number of nitrogens with zero attached hydrogens (tertiary/aromatic N) is 1. The number of aromatic nitrogens is 1. The Balaban J connectivity index is 2.40. The summed E-state index contributed by atoms with van der Waals surface area (Å²) in [5.41, 5.74) is 5.85. The zero-order valence-corrected chi connectivity index (χ0v) is 8.64. The fraction of sp³-hybridized carbons (Fsp3) is 0.444. The highest BCUT2D eigenvalue weighted by molar-refractivity contribution is 9.10. The number of halogens is 2. The van der Waals surface area contributed by atoms with E-state index in [1.165, 1.54) is 6.07 Å². The molecule has 1 fully saturated rings. The van der Waals surface area contributed by atoms with Gasteiger partial charge in [-0.1, -0.05) is 0 Å². The van der Waals surface area contributed by atoms with E-state index in [1.807, 2.05) is 0 Å². The summed E-state index contributed by atoms with van der Waals surface area (Å²) in [6.45, 7) is 0. The maximum atomic E-state index is 13.4. The summed E-state index contributed by atoms with van der Waals surface area (Å²) in [7, 11) is 0. The van der Waals surface area contributed by atoms with E-state index in [0.29, 0.717) is 10.2 Å². The Kier molecular flexibility index (Phi) is 2.12. The summed E-state index contributed by atoms with van der Waals surface area (Å²) < 4.78 is 14.0. The van der Waals surface area contributed by atoms with Crippen LogP contribution in [0.15, 0.2) is 16.7 Å². The van der Waals surface area contributed by atoms with Crippen LogP contribution in [-0.4, -0.2) is 4.98 Å². The number of nitrogens with two attached hydrogens (primary N) is 1. The normalized spacial score (nSPS) is 19.6. The first kappa shape index (κ1) is 9.09. The van der Waals surface area contributed by atoms with Gasteiger partial charge in [-0.25, -0.2) is 4.39 Å². The smallest absolute Gasteiger partial charge is 0.147 e. The van der Waals surface area contributed by atoms with Gasteiger partial charge in [0.05, 0.1) is 11.2 Å². The Morgan fingerprint density at radius 2 is 2.23 bits per heavy atom. The summed E-state index contributed by atoms with van der Waals surface area (Å²) >= 11 is 3.16. The summed E-state index contributed by atoms with van der Waals surface area (Å²) in [6, 6.07) is 1.41. The Bertz CT molecular complexity index is 336. The topological polar surface area (TPSA) is 38.9 Å². The van der Waals surface area contributed by atoms with Gasteiger partial charge in [-0.05, 0) is 41.3 Å². The fourth-order valence-electron chi connectivity index (χ4n) is 1.58. The Morgan fingerprint density at radius 1 is 1.54 bits per heavy atom. The van der Waals surface area contributed by atoms with Crippen molar-refractivity contribution in [2.45, 2.75) is 24.8 Å². The molecule has 1 saturated carbocycles. The maximum absolute atomic E-state index is 13.4. The zero-order valence-electron chi connectivity index (χ0n) is 7.06. The molecule has 1 aromatic rings. The minimum atomic E-state index is -0.509. The fourth-order valence-corrected chi connectivity index (χ4v) is 1.88. The second-order valence-corrected chi connectivity index (χ2v) is 4.41. The summed E-state index contributed by atoms with van der Waals surface area (Å²) in [5, 5.41) is 0. The van der Waals surface area contributed by atoms with Crippen LogP contribution < -0.4 is 5.73 Å². The average molecular weight is 245 g/mol. The highest BCUT2D eigenvalue weighted by atomic mass is 79.9. The lowest BCUT2D eigenvalue weighted by Gasteiger charge is -2.37. The van der Waals surface area contributed by atoms with Crippen molar-refractivity contribution in [1.82, 2.24) is 4.98 Å². The molecular weight excluding hydrogens is 235 g/mol. The summed E-state index contributed by atoms with van der Waals surface area (Å²) in [4.78, 5) is 4.02. The third kappa shape index (κ3) is 1.48. The first-order valence-electron chi connectivity index (χ1n) is 4.22. The molecule has 0 saturated heterocycles. The Hall–Kier alpha value is -0.480. The van der Waals surface area contributed by atoms with Crippen LogP contribution in [0.5, 0.6) is 0 Å². The summed E-state index contributed by atoms with van der Waals surface area (Å²) in [5.74, 6) is -0.309. The molecule has 1 aliphatic carbocycles. The van der Waals surface area contributed by atoms with Crippen molar-refractivity contribution in [1.29, 1.82) is 0 Å². The van der Waals surface area contributed by atoms with Crippen LogP contribution in [0.3, 0.4) is 0 Å². The minimum absolute atomic E-state index is 0.309. The number of pyridine rings is 1. The van der Waals surface area contributed by atoms with E-state index < -0.39 is 5.54 Å². The van der Waals surface area contributed by atoms with Crippen molar-refractivity contribution in [3.63, 3.8) is 0 Å². The second-order valence-electron chi connectivity index (χ2n) is 3.49. The van der Waals surface area contributed by atoms with E-state index in [4.69, 9.17) is 5.73 Å². The molecule has 70 valence electrons. The van der Waals surface area contributed by atoms with Gasteiger partial charge in [0.25, 0.3) is 0 Å². The van der Waals surface area contributed by atoms with Crippen LogP contribution in [-0.2, 0) is 5.54 Å². The number of hydrogen-bond acceptors (Lipinski definition) is 2. The van der Waals surface area contributed by atoms with Crippen molar-refractivity contribution in [2.75, 3.05) is 0 Å². The molecule has 0 unspecified atom stereocenters. The molecule has 4 heteroatoms. The van der Waals surface area contributed by atoms with Crippen LogP contribution in [0.1, 0.15) is 25.0 Å². The van der Waals surface area contributed by atoms with Crippen molar-refractivity contribution < 1.29 is 4.39 Å². The molecule has 0 bridgehead atoms. The van der Waals surface area contributed by atoms with Gasteiger partial charge in [0.15, 0.2) is 0 Å². The molecule has 13 heavy (non-hydrogen) atoms. The van der Waals surface area contributed by atoms with Gasteiger partial charge in [0.1, 0.15) is 5.82 Å². The molecule has 1 aliphatic rings. The van der Waals surface area contributed by atoms with Crippen LogP contribution in [0, 0.1) is 5.82 Å². The lowest BCUT2D eigenvalue weighted by Crippen LogP contribution is -2.44. The zero-order chi connectivity index (χ0) is 9.47. The quantitative estimate of drug-likeness (QED) is 0.824. The predicted molar refractivity (Wildman–Crippen MR) is 51.6 cm³/mol. The minimum Gasteiger partial charge on any atom is -0.320 e. The summed E-state index contributed by atoms with van der Waals surface area (Å²) in [6.07, 6.45) is 4.32. The maximum Gasteiger partial charge on any atom is 0.147 e. The predicted octanol–water partition coefficient (Wildman–Crippen LogP) is 2.32. The van der Waals surface area contributed by atoms with E-state index in [1.54, 1.807) is 6.20 Å². The molecule has 0 aliphatic heterocycles. The standard InChI is InChI=1S/C9H10BrFN2/c10-6-4-7(11)8(13-5-6)9(12)2-1-3-9/h4-5H,1-3,12H2. The lowest BCUT2D eigenvalue weighted by molar-refractivity contribution is 0.237. The van der Waals surface area contributed by atoms with E-state index in [-0.39, 0.29) is 5.82 Å². The van der Waals surface area contributed by atoms with E-state index >= 15 is 0 Å². The van der Waals surface area contributed by atoms with Gasteiger partial charge in [-0.15, -0.1) is 0 Å². The molecule has 0 radical (unpaired) electrons. The third-order valence-corrected chi connectivity index (χ3v) is 2.96. The highest BCUT2D eigenvalue weighted by Gasteiger charge is 2.37. The van der Waals surface area contributed by atoms with Gasteiger partial charge in [-0.3, -0.25) is 4.98 Å². The number of rotatable bonds is 1.